The van der Waals surface area contributed by atoms with Gasteiger partial charge in [0.2, 0.25) is 0 Å². The van der Waals surface area contributed by atoms with Crippen molar-refractivity contribution in [3.8, 4) is 0 Å². The fourth-order valence-electron chi connectivity index (χ4n) is 1.94. The average molecular weight is 273 g/mol. The van der Waals surface area contributed by atoms with Gasteiger partial charge in [-0.15, -0.1) is 11.3 Å². The van der Waals surface area contributed by atoms with E-state index in [4.69, 9.17) is 5.73 Å². The maximum absolute atomic E-state index is 12.2. The van der Waals surface area contributed by atoms with Gasteiger partial charge in [0.05, 0.1) is 11.3 Å². The standard InChI is InChI=1S/C14H15N3OS/c1-8-2-5-11(15)10(6-8)13(18)17-14-16-12(7-19-14)9-3-4-9/h2,5-7,9H,3-4,15H2,1H3,(H,16,17,18). The van der Waals surface area contributed by atoms with Gasteiger partial charge in [-0.05, 0) is 31.9 Å². The second-order valence-corrected chi connectivity index (χ2v) is 5.75. The Hall–Kier alpha value is -1.88. The van der Waals surface area contributed by atoms with Gasteiger partial charge in [-0.25, -0.2) is 4.98 Å². The Bertz CT molecular complexity index is 631. The van der Waals surface area contributed by atoms with E-state index in [0.29, 0.717) is 22.3 Å². The van der Waals surface area contributed by atoms with Crippen LogP contribution in [0.2, 0.25) is 0 Å². The smallest absolute Gasteiger partial charge is 0.259 e. The Kier molecular flexibility index (Phi) is 2.98. The molecule has 1 aliphatic carbocycles. The molecule has 1 heterocycles. The number of nitrogens with two attached hydrogens (primary N) is 1. The SMILES string of the molecule is Cc1ccc(N)c(C(=O)Nc2nc(C3CC3)cs2)c1. The van der Waals surface area contributed by atoms with E-state index in [2.05, 4.69) is 10.3 Å². The molecule has 1 aromatic heterocycles. The molecule has 3 rings (SSSR count). The molecule has 0 unspecified atom stereocenters. The van der Waals surface area contributed by atoms with Gasteiger partial charge in [0.25, 0.3) is 5.91 Å². The molecule has 19 heavy (non-hydrogen) atoms. The predicted octanol–water partition coefficient (Wildman–Crippen LogP) is 3.16. The van der Waals surface area contributed by atoms with Crippen molar-refractivity contribution in [2.24, 2.45) is 0 Å². The fourth-order valence-corrected chi connectivity index (χ4v) is 2.73. The highest BCUT2D eigenvalue weighted by Crippen LogP contribution is 2.40. The van der Waals surface area contributed by atoms with E-state index in [1.807, 2.05) is 18.4 Å². The van der Waals surface area contributed by atoms with Gasteiger partial charge in [-0.1, -0.05) is 11.6 Å². The van der Waals surface area contributed by atoms with Crippen LogP contribution in [0.15, 0.2) is 23.6 Å². The number of nitrogens with one attached hydrogen (secondary N) is 1. The number of nitrogen functional groups attached to an aromatic ring is 1. The van der Waals surface area contributed by atoms with E-state index in [0.717, 1.165) is 11.3 Å². The number of rotatable bonds is 3. The predicted molar refractivity (Wildman–Crippen MR) is 77.6 cm³/mol. The minimum Gasteiger partial charge on any atom is -0.398 e. The monoisotopic (exact) mass is 273 g/mol. The number of nitrogens with zero attached hydrogens (tertiary/aromatic N) is 1. The number of anilines is 2. The molecule has 1 aliphatic rings. The summed E-state index contributed by atoms with van der Waals surface area (Å²) in [5, 5.41) is 5.48. The van der Waals surface area contributed by atoms with Crippen LogP contribution in [0.3, 0.4) is 0 Å². The molecule has 1 fully saturated rings. The Balaban J connectivity index is 1.77. The first-order valence-corrected chi connectivity index (χ1v) is 7.14. The largest absolute Gasteiger partial charge is 0.398 e. The molecule has 0 bridgehead atoms. The quantitative estimate of drug-likeness (QED) is 0.844. The zero-order valence-corrected chi connectivity index (χ0v) is 11.5. The Morgan fingerprint density at radius 3 is 3.00 bits per heavy atom. The van der Waals surface area contributed by atoms with Crippen LogP contribution in [0.4, 0.5) is 10.8 Å². The van der Waals surface area contributed by atoms with Crippen LogP contribution in [0.1, 0.15) is 40.4 Å². The zero-order chi connectivity index (χ0) is 13.4. The number of aromatic nitrogens is 1. The van der Waals surface area contributed by atoms with E-state index in [-0.39, 0.29) is 5.91 Å². The average Bonchev–Trinajstić information content (AvgIpc) is 3.13. The minimum atomic E-state index is -0.196. The number of amides is 1. The molecule has 0 spiro atoms. The molecular weight excluding hydrogens is 258 g/mol. The third kappa shape index (κ3) is 2.61. The molecule has 1 saturated carbocycles. The molecular formula is C14H15N3OS. The first-order valence-electron chi connectivity index (χ1n) is 6.26. The highest BCUT2D eigenvalue weighted by atomic mass is 32.1. The molecule has 1 amide bonds. The number of carbonyl (C=O) groups is 1. The lowest BCUT2D eigenvalue weighted by molar-refractivity contribution is 0.102. The van der Waals surface area contributed by atoms with E-state index in [1.165, 1.54) is 24.2 Å². The van der Waals surface area contributed by atoms with Gasteiger partial charge in [0.1, 0.15) is 0 Å². The second-order valence-electron chi connectivity index (χ2n) is 4.90. The van der Waals surface area contributed by atoms with Crippen molar-refractivity contribution >= 4 is 28.1 Å². The summed E-state index contributed by atoms with van der Waals surface area (Å²) in [5.74, 6) is 0.406. The van der Waals surface area contributed by atoms with Crippen LogP contribution >= 0.6 is 11.3 Å². The van der Waals surface area contributed by atoms with Crippen LogP contribution in [0, 0.1) is 6.92 Å². The Labute approximate surface area is 115 Å². The molecule has 98 valence electrons. The molecule has 3 N–H and O–H groups in total. The number of thiazole rings is 1. The minimum absolute atomic E-state index is 0.196. The van der Waals surface area contributed by atoms with Crippen LogP contribution in [0.25, 0.3) is 0 Å². The Morgan fingerprint density at radius 2 is 2.26 bits per heavy atom. The highest BCUT2D eigenvalue weighted by molar-refractivity contribution is 7.14. The van der Waals surface area contributed by atoms with Gasteiger partial charge in [0.15, 0.2) is 5.13 Å². The number of aryl methyl sites for hydroxylation is 1. The maximum Gasteiger partial charge on any atom is 0.259 e. The van der Waals surface area contributed by atoms with Gasteiger partial charge in [-0.2, -0.15) is 0 Å². The Morgan fingerprint density at radius 1 is 1.47 bits per heavy atom. The summed E-state index contributed by atoms with van der Waals surface area (Å²) in [4.78, 5) is 16.6. The lowest BCUT2D eigenvalue weighted by atomic mass is 10.1. The number of carbonyl (C=O) groups excluding carboxylic acids is 1. The molecule has 5 heteroatoms. The van der Waals surface area contributed by atoms with Crippen LogP contribution in [-0.4, -0.2) is 10.9 Å². The maximum atomic E-state index is 12.2. The van der Waals surface area contributed by atoms with Gasteiger partial charge in [0, 0.05) is 17.0 Å². The number of hydrogen-bond donors (Lipinski definition) is 2. The summed E-state index contributed by atoms with van der Waals surface area (Å²) in [5.41, 5.74) is 8.93. The third-order valence-corrected chi connectivity index (χ3v) is 3.97. The lowest BCUT2D eigenvalue weighted by Gasteiger charge is -2.06. The van der Waals surface area contributed by atoms with E-state index < -0.39 is 0 Å². The normalized spacial score (nSPS) is 14.4. The molecule has 2 aromatic rings. The van der Waals surface area contributed by atoms with E-state index in [1.54, 1.807) is 12.1 Å². The summed E-state index contributed by atoms with van der Waals surface area (Å²) in [7, 11) is 0. The molecule has 0 atom stereocenters. The second kappa shape index (κ2) is 4.66. The lowest BCUT2D eigenvalue weighted by Crippen LogP contribution is -2.14. The molecule has 4 nitrogen and oxygen atoms in total. The summed E-state index contributed by atoms with van der Waals surface area (Å²) in [6.45, 7) is 1.94. The third-order valence-electron chi connectivity index (χ3n) is 3.19. The van der Waals surface area contributed by atoms with Crippen molar-refractivity contribution in [2.45, 2.75) is 25.7 Å². The fraction of sp³-hybridized carbons (Fsp3) is 0.286. The van der Waals surface area contributed by atoms with E-state index in [9.17, 15) is 4.79 Å². The molecule has 1 aromatic carbocycles. The van der Waals surface area contributed by atoms with Gasteiger partial charge in [-0.3, -0.25) is 10.1 Å². The van der Waals surface area contributed by atoms with Gasteiger partial charge < -0.3 is 5.73 Å². The molecule has 0 aliphatic heterocycles. The topological polar surface area (TPSA) is 68.0 Å². The first-order chi connectivity index (χ1) is 9.13. The molecule has 0 saturated heterocycles. The molecule has 0 radical (unpaired) electrons. The van der Waals surface area contributed by atoms with Crippen molar-refractivity contribution in [3.05, 3.63) is 40.4 Å². The highest BCUT2D eigenvalue weighted by Gasteiger charge is 2.26. The van der Waals surface area contributed by atoms with Crippen LogP contribution < -0.4 is 11.1 Å². The summed E-state index contributed by atoms with van der Waals surface area (Å²) in [6.07, 6.45) is 2.42. The van der Waals surface area contributed by atoms with Crippen molar-refractivity contribution in [1.29, 1.82) is 0 Å². The number of hydrogen-bond acceptors (Lipinski definition) is 4. The van der Waals surface area contributed by atoms with Crippen molar-refractivity contribution < 1.29 is 4.79 Å². The van der Waals surface area contributed by atoms with Gasteiger partial charge >= 0.3 is 0 Å². The number of benzene rings is 1. The summed E-state index contributed by atoms with van der Waals surface area (Å²) >= 11 is 1.47. The van der Waals surface area contributed by atoms with Crippen LogP contribution in [0.5, 0.6) is 0 Å². The first kappa shape index (κ1) is 12.2. The zero-order valence-electron chi connectivity index (χ0n) is 10.6. The summed E-state index contributed by atoms with van der Waals surface area (Å²) in [6, 6.07) is 5.43. The van der Waals surface area contributed by atoms with Crippen LogP contribution in [-0.2, 0) is 0 Å². The van der Waals surface area contributed by atoms with Crippen molar-refractivity contribution in [3.63, 3.8) is 0 Å². The van der Waals surface area contributed by atoms with Crippen molar-refractivity contribution in [1.82, 2.24) is 4.98 Å². The van der Waals surface area contributed by atoms with Crippen molar-refractivity contribution in [2.75, 3.05) is 11.1 Å². The van der Waals surface area contributed by atoms with E-state index >= 15 is 0 Å². The summed E-state index contributed by atoms with van der Waals surface area (Å²) < 4.78 is 0.